The Morgan fingerprint density at radius 3 is 2.75 bits per heavy atom. The molecule has 0 saturated carbocycles. The van der Waals surface area contributed by atoms with E-state index in [1.807, 2.05) is 13.8 Å². The molecule has 0 unspecified atom stereocenters. The highest BCUT2D eigenvalue weighted by atomic mass is 35.5. The standard InChI is InChI=1S/C11H11ClN2O2/c1-6(2)7-5-14(11(15)16)8-3-4-9(12)13-10(7)8/h3-6H,1-2H3,(H,15,16). The number of pyridine rings is 1. The Hall–Kier alpha value is -1.55. The highest BCUT2D eigenvalue weighted by Crippen LogP contribution is 2.27. The van der Waals surface area contributed by atoms with Crippen LogP contribution in [0.1, 0.15) is 25.3 Å². The van der Waals surface area contributed by atoms with E-state index >= 15 is 0 Å². The molecule has 1 N–H and O–H groups in total. The first-order valence-corrected chi connectivity index (χ1v) is 5.29. The van der Waals surface area contributed by atoms with Gasteiger partial charge in [-0.25, -0.2) is 9.78 Å². The summed E-state index contributed by atoms with van der Waals surface area (Å²) in [6, 6.07) is 3.26. The van der Waals surface area contributed by atoms with Crippen LogP contribution in [-0.4, -0.2) is 20.8 Å². The second-order valence-corrected chi connectivity index (χ2v) is 4.28. The fourth-order valence-electron chi connectivity index (χ4n) is 1.69. The monoisotopic (exact) mass is 238 g/mol. The van der Waals surface area contributed by atoms with E-state index in [9.17, 15) is 4.79 Å². The first-order valence-electron chi connectivity index (χ1n) is 4.91. The van der Waals surface area contributed by atoms with E-state index in [0.717, 1.165) is 5.56 Å². The second kappa shape index (κ2) is 3.79. The van der Waals surface area contributed by atoms with Crippen LogP contribution in [0, 0.1) is 0 Å². The van der Waals surface area contributed by atoms with Crippen molar-refractivity contribution in [3.8, 4) is 0 Å². The lowest BCUT2D eigenvalue weighted by atomic mass is 10.1. The van der Waals surface area contributed by atoms with Gasteiger partial charge in [0.15, 0.2) is 0 Å². The summed E-state index contributed by atoms with van der Waals surface area (Å²) in [6.07, 6.45) is 0.585. The molecule has 2 rings (SSSR count). The third kappa shape index (κ3) is 1.65. The van der Waals surface area contributed by atoms with E-state index < -0.39 is 6.09 Å². The molecule has 0 bridgehead atoms. The molecule has 0 radical (unpaired) electrons. The Morgan fingerprint density at radius 2 is 2.19 bits per heavy atom. The van der Waals surface area contributed by atoms with Crippen molar-refractivity contribution in [2.45, 2.75) is 19.8 Å². The van der Waals surface area contributed by atoms with Crippen LogP contribution in [0.15, 0.2) is 18.3 Å². The van der Waals surface area contributed by atoms with E-state index in [-0.39, 0.29) is 5.92 Å². The first kappa shape index (κ1) is 11.0. The first-order chi connectivity index (χ1) is 7.50. The van der Waals surface area contributed by atoms with Gasteiger partial charge in [0.2, 0.25) is 0 Å². The molecule has 4 nitrogen and oxygen atoms in total. The summed E-state index contributed by atoms with van der Waals surface area (Å²) in [4.78, 5) is 15.2. The van der Waals surface area contributed by atoms with Crippen LogP contribution >= 0.6 is 11.6 Å². The van der Waals surface area contributed by atoms with E-state index in [2.05, 4.69) is 4.98 Å². The molecule has 0 fully saturated rings. The quantitative estimate of drug-likeness (QED) is 0.776. The van der Waals surface area contributed by atoms with Crippen molar-refractivity contribution in [2.75, 3.05) is 0 Å². The smallest absolute Gasteiger partial charge is 0.416 e. The minimum Gasteiger partial charge on any atom is -0.464 e. The maximum atomic E-state index is 11.0. The van der Waals surface area contributed by atoms with Crippen LogP contribution in [0.4, 0.5) is 4.79 Å². The normalized spacial score (nSPS) is 11.2. The molecular weight excluding hydrogens is 228 g/mol. The zero-order valence-corrected chi connectivity index (χ0v) is 9.69. The van der Waals surface area contributed by atoms with Gasteiger partial charge < -0.3 is 5.11 Å². The van der Waals surface area contributed by atoms with Gasteiger partial charge in [0.05, 0.1) is 11.0 Å². The van der Waals surface area contributed by atoms with Crippen LogP contribution in [-0.2, 0) is 0 Å². The zero-order chi connectivity index (χ0) is 11.9. The molecule has 2 aromatic heterocycles. The van der Waals surface area contributed by atoms with Gasteiger partial charge in [0.1, 0.15) is 5.15 Å². The summed E-state index contributed by atoms with van der Waals surface area (Å²) < 4.78 is 1.17. The molecule has 5 heteroatoms. The fourth-order valence-corrected chi connectivity index (χ4v) is 1.83. The van der Waals surface area contributed by atoms with Crippen molar-refractivity contribution >= 4 is 28.7 Å². The van der Waals surface area contributed by atoms with Crippen molar-refractivity contribution in [3.63, 3.8) is 0 Å². The molecular formula is C11H11ClN2O2. The summed E-state index contributed by atoms with van der Waals surface area (Å²) in [7, 11) is 0. The molecule has 0 aliphatic rings. The minimum absolute atomic E-state index is 0.203. The third-order valence-electron chi connectivity index (χ3n) is 2.47. The predicted molar refractivity (Wildman–Crippen MR) is 62.3 cm³/mol. The van der Waals surface area contributed by atoms with Crippen LogP contribution in [0.5, 0.6) is 0 Å². The summed E-state index contributed by atoms with van der Waals surface area (Å²) in [6.45, 7) is 3.98. The Bertz CT molecular complexity index is 560. The van der Waals surface area contributed by atoms with Crippen LogP contribution in [0.3, 0.4) is 0 Å². The van der Waals surface area contributed by atoms with Crippen LogP contribution < -0.4 is 0 Å². The van der Waals surface area contributed by atoms with Crippen molar-refractivity contribution in [3.05, 3.63) is 29.0 Å². The molecule has 0 saturated heterocycles. The lowest BCUT2D eigenvalue weighted by molar-refractivity contribution is 0.197. The average Bonchev–Trinajstić information content (AvgIpc) is 2.56. The van der Waals surface area contributed by atoms with Crippen LogP contribution in [0.25, 0.3) is 11.0 Å². The molecule has 2 heterocycles. The van der Waals surface area contributed by atoms with Gasteiger partial charge in [-0.15, -0.1) is 0 Å². The molecule has 0 aliphatic carbocycles. The van der Waals surface area contributed by atoms with Gasteiger partial charge in [-0.3, -0.25) is 4.57 Å². The predicted octanol–water partition coefficient (Wildman–Crippen LogP) is 3.34. The van der Waals surface area contributed by atoms with Gasteiger partial charge in [-0.05, 0) is 23.6 Å². The number of halogens is 1. The number of carbonyl (C=O) groups is 1. The molecule has 0 aliphatic heterocycles. The topological polar surface area (TPSA) is 55.1 Å². The lowest BCUT2D eigenvalue weighted by Gasteiger charge is -2.00. The largest absolute Gasteiger partial charge is 0.464 e. The maximum Gasteiger partial charge on any atom is 0.416 e. The van der Waals surface area contributed by atoms with E-state index in [4.69, 9.17) is 16.7 Å². The Kier molecular flexibility index (Phi) is 2.59. The molecule has 0 aromatic carbocycles. The zero-order valence-electron chi connectivity index (χ0n) is 8.94. The summed E-state index contributed by atoms with van der Waals surface area (Å²) in [5, 5.41) is 9.42. The van der Waals surface area contributed by atoms with Crippen LogP contribution in [0.2, 0.25) is 5.15 Å². The fraction of sp³-hybridized carbons (Fsp3) is 0.273. The van der Waals surface area contributed by atoms with Crippen molar-refractivity contribution in [1.82, 2.24) is 9.55 Å². The van der Waals surface area contributed by atoms with Gasteiger partial charge in [0, 0.05) is 6.20 Å². The molecule has 84 valence electrons. The van der Waals surface area contributed by atoms with Gasteiger partial charge in [-0.2, -0.15) is 0 Å². The summed E-state index contributed by atoms with van der Waals surface area (Å²) >= 11 is 5.82. The molecule has 2 aromatic rings. The molecule has 0 amide bonds. The van der Waals surface area contributed by atoms with E-state index in [1.54, 1.807) is 18.3 Å². The van der Waals surface area contributed by atoms with Gasteiger partial charge in [0.25, 0.3) is 0 Å². The lowest BCUT2D eigenvalue weighted by Crippen LogP contribution is -2.05. The Balaban J connectivity index is 2.81. The second-order valence-electron chi connectivity index (χ2n) is 3.89. The maximum absolute atomic E-state index is 11.0. The third-order valence-corrected chi connectivity index (χ3v) is 2.68. The Morgan fingerprint density at radius 1 is 1.50 bits per heavy atom. The van der Waals surface area contributed by atoms with Gasteiger partial charge in [-0.1, -0.05) is 25.4 Å². The highest BCUT2D eigenvalue weighted by Gasteiger charge is 2.16. The number of rotatable bonds is 1. The number of hydrogen-bond donors (Lipinski definition) is 1. The summed E-state index contributed by atoms with van der Waals surface area (Å²) in [5.74, 6) is 0.203. The number of fused-ring (bicyclic) bond motifs is 1. The molecule has 0 atom stereocenters. The van der Waals surface area contributed by atoms with Crippen molar-refractivity contribution < 1.29 is 9.90 Å². The van der Waals surface area contributed by atoms with Gasteiger partial charge >= 0.3 is 6.09 Å². The molecule has 0 spiro atoms. The molecule has 16 heavy (non-hydrogen) atoms. The minimum atomic E-state index is -1.01. The number of nitrogens with zero attached hydrogens (tertiary/aromatic N) is 2. The number of aromatic nitrogens is 2. The highest BCUT2D eigenvalue weighted by molar-refractivity contribution is 6.29. The average molecular weight is 239 g/mol. The van der Waals surface area contributed by atoms with E-state index in [0.29, 0.717) is 16.2 Å². The Labute approximate surface area is 97.5 Å². The SMILES string of the molecule is CC(C)c1cn(C(=O)O)c2ccc(Cl)nc12. The van der Waals surface area contributed by atoms with Crippen molar-refractivity contribution in [2.24, 2.45) is 0 Å². The van der Waals surface area contributed by atoms with Crippen molar-refractivity contribution in [1.29, 1.82) is 0 Å². The van der Waals surface area contributed by atoms with E-state index in [1.165, 1.54) is 4.57 Å². The number of carboxylic acid groups (broad SMARTS) is 1. The number of hydrogen-bond acceptors (Lipinski definition) is 2. The summed E-state index contributed by atoms with van der Waals surface area (Å²) in [5.41, 5.74) is 2.12.